The molecule has 0 aliphatic carbocycles. The average molecular weight is 468 g/mol. The normalized spacial score (nSPS) is 10.7. The minimum atomic E-state index is -2.98. The van der Waals surface area contributed by atoms with Crippen molar-refractivity contribution in [3.8, 4) is 17.2 Å². The maximum Gasteiger partial charge on any atom is 0.387 e. The first kappa shape index (κ1) is 20.7. The van der Waals surface area contributed by atoms with E-state index >= 15 is 0 Å². The van der Waals surface area contributed by atoms with Crippen molar-refractivity contribution in [2.24, 2.45) is 0 Å². The zero-order chi connectivity index (χ0) is 20.8. The highest BCUT2D eigenvalue weighted by molar-refractivity contribution is 9.10. The van der Waals surface area contributed by atoms with Crippen LogP contribution in [0.25, 0.3) is 0 Å². The molecule has 0 unspecified atom stereocenters. The molecule has 29 heavy (non-hydrogen) atoms. The monoisotopic (exact) mass is 467 g/mol. The van der Waals surface area contributed by atoms with E-state index in [1.165, 1.54) is 31.4 Å². The molecule has 0 fully saturated rings. The van der Waals surface area contributed by atoms with Crippen molar-refractivity contribution in [1.82, 2.24) is 0 Å². The lowest BCUT2D eigenvalue weighted by Gasteiger charge is -2.11. The van der Waals surface area contributed by atoms with Crippen LogP contribution in [0.3, 0.4) is 0 Å². The number of nitrogens with one attached hydrogen (secondary N) is 1. The minimum Gasteiger partial charge on any atom is -0.493 e. The minimum absolute atomic E-state index is 0.0603. The fourth-order valence-electron chi connectivity index (χ4n) is 2.42. The van der Waals surface area contributed by atoms with Crippen LogP contribution in [0.1, 0.15) is 16.3 Å². The predicted molar refractivity (Wildman–Crippen MR) is 105 cm³/mol. The van der Waals surface area contributed by atoms with Gasteiger partial charge in [-0.25, -0.2) is 0 Å². The summed E-state index contributed by atoms with van der Waals surface area (Å²) in [7, 11) is 1.31. The molecule has 0 radical (unpaired) electrons. The molecule has 0 spiro atoms. The average Bonchev–Trinajstić information content (AvgIpc) is 3.17. The number of carbonyl (C=O) groups is 1. The summed E-state index contributed by atoms with van der Waals surface area (Å²) in [5, 5.41) is 2.61. The largest absolute Gasteiger partial charge is 0.493 e. The van der Waals surface area contributed by atoms with Crippen LogP contribution in [0.5, 0.6) is 17.2 Å². The van der Waals surface area contributed by atoms with E-state index in [1.54, 1.807) is 12.1 Å². The number of halogens is 3. The molecule has 6 nitrogen and oxygen atoms in total. The van der Waals surface area contributed by atoms with Gasteiger partial charge in [0.05, 0.1) is 11.6 Å². The van der Waals surface area contributed by atoms with Crippen molar-refractivity contribution < 1.29 is 32.2 Å². The van der Waals surface area contributed by atoms with Crippen LogP contribution in [0.15, 0.2) is 63.5 Å². The summed E-state index contributed by atoms with van der Waals surface area (Å²) >= 11 is 3.38. The molecule has 0 bridgehead atoms. The van der Waals surface area contributed by atoms with Crippen molar-refractivity contribution in [3.05, 3.63) is 70.6 Å². The summed E-state index contributed by atoms with van der Waals surface area (Å²) in [6, 6.07) is 14.6. The number of furan rings is 1. The first-order valence-electron chi connectivity index (χ1n) is 8.36. The molecule has 2 aromatic carbocycles. The zero-order valence-electron chi connectivity index (χ0n) is 15.2. The van der Waals surface area contributed by atoms with Crippen LogP contribution in [0, 0.1) is 0 Å². The lowest BCUT2D eigenvalue weighted by Crippen LogP contribution is -2.11. The fourth-order valence-corrected chi connectivity index (χ4v) is 2.82. The standard InChI is InChI=1S/C20H16BrF2NO5/c1-26-18-10-12(6-8-16(18)29-20(22)23)24-19(25)17-9-7-13(28-17)11-27-15-5-3-2-4-14(15)21/h2-10,20H,11H2,1H3,(H,24,25). The van der Waals surface area contributed by atoms with Gasteiger partial charge in [0.1, 0.15) is 18.1 Å². The molecule has 0 atom stereocenters. The summed E-state index contributed by atoms with van der Waals surface area (Å²) in [4.78, 5) is 12.4. The van der Waals surface area contributed by atoms with Gasteiger partial charge in [0.15, 0.2) is 17.3 Å². The number of amides is 1. The highest BCUT2D eigenvalue weighted by Gasteiger charge is 2.15. The van der Waals surface area contributed by atoms with Crippen LogP contribution >= 0.6 is 15.9 Å². The number of hydrogen-bond donors (Lipinski definition) is 1. The third-order valence-corrected chi connectivity index (χ3v) is 4.38. The van der Waals surface area contributed by atoms with Gasteiger partial charge in [-0.05, 0) is 52.3 Å². The molecule has 1 aromatic heterocycles. The van der Waals surface area contributed by atoms with Crippen molar-refractivity contribution in [1.29, 1.82) is 0 Å². The van der Waals surface area contributed by atoms with Crippen LogP contribution in [0.2, 0.25) is 0 Å². The third kappa shape index (κ3) is 5.47. The molecule has 0 saturated heterocycles. The Labute approximate surface area is 173 Å². The van der Waals surface area contributed by atoms with Gasteiger partial charge in [0.25, 0.3) is 5.91 Å². The van der Waals surface area contributed by atoms with Crippen LogP contribution in [-0.4, -0.2) is 19.6 Å². The van der Waals surface area contributed by atoms with Gasteiger partial charge in [-0.1, -0.05) is 12.1 Å². The zero-order valence-corrected chi connectivity index (χ0v) is 16.7. The second kappa shape index (κ2) is 9.42. The van der Waals surface area contributed by atoms with E-state index in [0.717, 1.165) is 4.47 Å². The fraction of sp³-hybridized carbons (Fsp3) is 0.150. The quantitative estimate of drug-likeness (QED) is 0.474. The number of anilines is 1. The van der Waals surface area contributed by atoms with E-state index in [9.17, 15) is 13.6 Å². The second-order valence-electron chi connectivity index (χ2n) is 5.68. The van der Waals surface area contributed by atoms with Gasteiger partial charge < -0.3 is 23.9 Å². The topological polar surface area (TPSA) is 69.9 Å². The molecule has 1 heterocycles. The van der Waals surface area contributed by atoms with E-state index in [0.29, 0.717) is 17.2 Å². The van der Waals surface area contributed by atoms with Crippen LogP contribution < -0.4 is 19.5 Å². The first-order valence-corrected chi connectivity index (χ1v) is 9.16. The summed E-state index contributed by atoms with van der Waals surface area (Å²) in [5.74, 6) is 0.594. The summed E-state index contributed by atoms with van der Waals surface area (Å²) in [5.41, 5.74) is 0.330. The smallest absolute Gasteiger partial charge is 0.387 e. The third-order valence-electron chi connectivity index (χ3n) is 3.73. The number of para-hydroxylation sites is 1. The van der Waals surface area contributed by atoms with Gasteiger partial charge in [-0.3, -0.25) is 4.79 Å². The Morgan fingerprint density at radius 1 is 1.10 bits per heavy atom. The highest BCUT2D eigenvalue weighted by Crippen LogP contribution is 2.31. The Kier molecular flexibility index (Phi) is 6.71. The van der Waals surface area contributed by atoms with Crippen molar-refractivity contribution in [3.63, 3.8) is 0 Å². The van der Waals surface area contributed by atoms with Crippen molar-refractivity contribution in [2.45, 2.75) is 13.2 Å². The number of alkyl halides is 2. The molecule has 152 valence electrons. The molecule has 0 saturated carbocycles. The molecule has 0 aliphatic heterocycles. The van der Waals surface area contributed by atoms with Gasteiger partial charge in [0.2, 0.25) is 0 Å². The number of methoxy groups -OCH3 is 1. The molecule has 3 aromatic rings. The maximum absolute atomic E-state index is 12.4. The summed E-state index contributed by atoms with van der Waals surface area (Å²) in [6.07, 6.45) is 0. The Morgan fingerprint density at radius 2 is 1.90 bits per heavy atom. The van der Waals surface area contributed by atoms with Gasteiger partial charge in [-0.2, -0.15) is 8.78 Å². The molecule has 9 heteroatoms. The van der Waals surface area contributed by atoms with E-state index in [1.807, 2.05) is 18.2 Å². The second-order valence-corrected chi connectivity index (χ2v) is 6.54. The Bertz CT molecular complexity index is 993. The molecule has 3 rings (SSSR count). The first-order chi connectivity index (χ1) is 14.0. The van der Waals surface area contributed by atoms with E-state index in [-0.39, 0.29) is 23.9 Å². The van der Waals surface area contributed by atoms with Gasteiger partial charge >= 0.3 is 6.61 Å². The molecule has 0 aliphatic rings. The lowest BCUT2D eigenvalue weighted by molar-refractivity contribution is -0.0512. The summed E-state index contributed by atoms with van der Waals surface area (Å²) in [6.45, 7) is -2.84. The maximum atomic E-state index is 12.4. The Balaban J connectivity index is 1.63. The van der Waals surface area contributed by atoms with Gasteiger partial charge in [-0.15, -0.1) is 0 Å². The highest BCUT2D eigenvalue weighted by atomic mass is 79.9. The molecular weight excluding hydrogens is 452 g/mol. The molecular formula is C20H16BrF2NO5. The Hall–Kier alpha value is -3.07. The number of ether oxygens (including phenoxy) is 3. The van der Waals surface area contributed by atoms with Crippen molar-refractivity contribution >= 4 is 27.5 Å². The number of rotatable bonds is 8. The molecule has 1 N–H and O–H groups in total. The van der Waals surface area contributed by atoms with Crippen LogP contribution in [0.4, 0.5) is 14.5 Å². The van der Waals surface area contributed by atoms with Crippen molar-refractivity contribution in [2.75, 3.05) is 12.4 Å². The Morgan fingerprint density at radius 3 is 2.62 bits per heavy atom. The van der Waals surface area contributed by atoms with Crippen LogP contribution in [-0.2, 0) is 6.61 Å². The number of benzene rings is 2. The number of hydrogen-bond acceptors (Lipinski definition) is 5. The summed E-state index contributed by atoms with van der Waals surface area (Å²) < 4.78 is 46.1. The van der Waals surface area contributed by atoms with Gasteiger partial charge in [0, 0.05) is 11.8 Å². The predicted octanol–water partition coefficient (Wildman–Crippen LogP) is 5.48. The lowest BCUT2D eigenvalue weighted by atomic mass is 10.2. The van der Waals surface area contributed by atoms with E-state index in [2.05, 4.69) is 26.0 Å². The number of carbonyl (C=O) groups excluding carboxylic acids is 1. The van der Waals surface area contributed by atoms with E-state index < -0.39 is 12.5 Å². The van der Waals surface area contributed by atoms with E-state index in [4.69, 9.17) is 13.9 Å². The molecule has 1 amide bonds. The SMILES string of the molecule is COc1cc(NC(=O)c2ccc(COc3ccccc3Br)o2)ccc1OC(F)F.